The molecule has 0 aromatic heterocycles. The summed E-state index contributed by atoms with van der Waals surface area (Å²) in [6, 6.07) is 0. The van der Waals surface area contributed by atoms with Gasteiger partial charge in [-0.05, 0) is 12.8 Å². The first-order chi connectivity index (χ1) is 6.17. The Hall–Kier alpha value is -0.380. The maximum atomic E-state index is 9.46. The van der Waals surface area contributed by atoms with E-state index < -0.39 is 11.9 Å². The van der Waals surface area contributed by atoms with Crippen molar-refractivity contribution in [3.05, 3.63) is 12.7 Å². The second-order valence-electron chi connectivity index (χ2n) is 3.31. The van der Waals surface area contributed by atoms with Crippen molar-refractivity contribution in [2.45, 2.75) is 44.7 Å². The zero-order chi connectivity index (χ0) is 9.90. The van der Waals surface area contributed by atoms with Crippen LogP contribution in [0.1, 0.15) is 26.7 Å². The van der Waals surface area contributed by atoms with Gasteiger partial charge in [0.2, 0.25) is 0 Å². The quantitative estimate of drug-likeness (QED) is 0.676. The molecule has 76 valence electrons. The van der Waals surface area contributed by atoms with Crippen molar-refractivity contribution in [1.82, 2.24) is 0 Å². The third kappa shape index (κ3) is 2.10. The summed E-state index contributed by atoms with van der Waals surface area (Å²) in [6.07, 6.45) is 2.22. The second-order valence-corrected chi connectivity index (χ2v) is 3.31. The lowest BCUT2D eigenvalue weighted by Crippen LogP contribution is -2.32. The monoisotopic (exact) mass is 186 g/mol. The molecule has 0 amide bonds. The minimum absolute atomic E-state index is 0.252. The van der Waals surface area contributed by atoms with Crippen LogP contribution in [0.15, 0.2) is 12.7 Å². The highest BCUT2D eigenvalue weighted by Crippen LogP contribution is 2.31. The Bertz CT molecular complexity index is 175. The maximum absolute atomic E-state index is 9.46. The molecule has 0 spiro atoms. The highest BCUT2D eigenvalue weighted by Gasteiger charge is 2.40. The van der Waals surface area contributed by atoms with Crippen LogP contribution in [0, 0.1) is 0 Å². The number of ether oxygens (including phenoxy) is 2. The molecule has 0 radical (unpaired) electrons. The van der Waals surface area contributed by atoms with Gasteiger partial charge in [-0.3, -0.25) is 0 Å². The van der Waals surface area contributed by atoms with E-state index in [1.807, 2.05) is 13.8 Å². The molecule has 0 aliphatic carbocycles. The fraction of sp³-hybridized carbons (Fsp3) is 0.800. The van der Waals surface area contributed by atoms with Crippen molar-refractivity contribution in [2.75, 3.05) is 6.61 Å². The Kier molecular flexibility index (Phi) is 3.47. The van der Waals surface area contributed by atoms with E-state index in [0.717, 1.165) is 12.8 Å². The molecular weight excluding hydrogens is 168 g/mol. The van der Waals surface area contributed by atoms with E-state index in [-0.39, 0.29) is 6.10 Å². The van der Waals surface area contributed by atoms with Gasteiger partial charge in [0.15, 0.2) is 5.79 Å². The molecule has 3 nitrogen and oxygen atoms in total. The first kappa shape index (κ1) is 10.7. The van der Waals surface area contributed by atoms with E-state index in [4.69, 9.17) is 9.47 Å². The Labute approximate surface area is 79.3 Å². The van der Waals surface area contributed by atoms with E-state index in [1.165, 1.54) is 6.08 Å². The van der Waals surface area contributed by atoms with Crippen molar-refractivity contribution in [3.63, 3.8) is 0 Å². The van der Waals surface area contributed by atoms with E-state index >= 15 is 0 Å². The van der Waals surface area contributed by atoms with Crippen molar-refractivity contribution in [2.24, 2.45) is 0 Å². The molecule has 1 saturated heterocycles. The highest BCUT2D eigenvalue weighted by molar-refractivity contribution is 4.90. The summed E-state index contributed by atoms with van der Waals surface area (Å²) in [5.41, 5.74) is 0. The molecule has 1 aliphatic heterocycles. The number of hydrogen-bond acceptors (Lipinski definition) is 3. The SMILES string of the molecule is C=CC(O)[C@H]1COC(CC)(CC)O1. The Morgan fingerprint density at radius 3 is 2.62 bits per heavy atom. The maximum Gasteiger partial charge on any atom is 0.168 e. The lowest BCUT2D eigenvalue weighted by molar-refractivity contribution is -0.178. The van der Waals surface area contributed by atoms with Crippen molar-refractivity contribution in [1.29, 1.82) is 0 Å². The largest absolute Gasteiger partial charge is 0.386 e. The minimum atomic E-state index is -0.625. The van der Waals surface area contributed by atoms with Crippen LogP contribution in [0.5, 0.6) is 0 Å². The third-order valence-electron chi connectivity index (χ3n) is 2.58. The molecule has 2 atom stereocenters. The van der Waals surface area contributed by atoms with Gasteiger partial charge in [-0.2, -0.15) is 0 Å². The molecule has 0 saturated carbocycles. The second kappa shape index (κ2) is 4.22. The van der Waals surface area contributed by atoms with Crippen molar-refractivity contribution >= 4 is 0 Å². The van der Waals surface area contributed by atoms with Gasteiger partial charge in [0.1, 0.15) is 12.2 Å². The summed E-state index contributed by atoms with van der Waals surface area (Å²) in [5, 5.41) is 9.46. The number of aliphatic hydroxyl groups is 1. The zero-order valence-corrected chi connectivity index (χ0v) is 8.32. The lowest BCUT2D eigenvalue weighted by atomic mass is 10.1. The number of aliphatic hydroxyl groups excluding tert-OH is 1. The Morgan fingerprint density at radius 1 is 1.62 bits per heavy atom. The van der Waals surface area contributed by atoms with Gasteiger partial charge in [0.25, 0.3) is 0 Å². The average Bonchev–Trinajstić information content (AvgIpc) is 2.61. The summed E-state index contributed by atoms with van der Waals surface area (Å²) in [7, 11) is 0. The molecule has 1 N–H and O–H groups in total. The normalized spacial score (nSPS) is 28.7. The summed E-state index contributed by atoms with van der Waals surface area (Å²) >= 11 is 0. The standard InChI is InChI=1S/C10H18O3/c1-4-8(11)9-7-12-10(5-2,6-3)13-9/h4,8-9,11H,1,5-7H2,2-3H3/t8?,9-/m1/s1. The first-order valence-corrected chi connectivity index (χ1v) is 4.80. The molecule has 0 aromatic carbocycles. The van der Waals surface area contributed by atoms with Crippen LogP contribution < -0.4 is 0 Å². The predicted molar refractivity (Wildman–Crippen MR) is 50.3 cm³/mol. The fourth-order valence-electron chi connectivity index (χ4n) is 1.52. The molecule has 1 heterocycles. The summed E-state index contributed by atoms with van der Waals surface area (Å²) in [6.45, 7) is 8.01. The highest BCUT2D eigenvalue weighted by atomic mass is 16.7. The van der Waals surface area contributed by atoms with E-state index in [0.29, 0.717) is 6.61 Å². The summed E-state index contributed by atoms with van der Waals surface area (Å²) < 4.78 is 11.2. The Morgan fingerprint density at radius 2 is 2.23 bits per heavy atom. The van der Waals surface area contributed by atoms with Gasteiger partial charge in [-0.1, -0.05) is 19.9 Å². The van der Waals surface area contributed by atoms with Crippen LogP contribution in [0.3, 0.4) is 0 Å². The third-order valence-corrected chi connectivity index (χ3v) is 2.58. The van der Waals surface area contributed by atoms with Crippen LogP contribution in [-0.4, -0.2) is 29.7 Å². The van der Waals surface area contributed by atoms with Crippen molar-refractivity contribution < 1.29 is 14.6 Å². The molecule has 1 aliphatic rings. The first-order valence-electron chi connectivity index (χ1n) is 4.80. The fourth-order valence-corrected chi connectivity index (χ4v) is 1.52. The molecule has 0 bridgehead atoms. The van der Waals surface area contributed by atoms with Gasteiger partial charge in [0, 0.05) is 0 Å². The molecule has 1 rings (SSSR count). The van der Waals surface area contributed by atoms with Crippen LogP contribution in [-0.2, 0) is 9.47 Å². The van der Waals surface area contributed by atoms with Crippen LogP contribution in [0.4, 0.5) is 0 Å². The minimum Gasteiger partial charge on any atom is -0.386 e. The lowest BCUT2D eigenvalue weighted by Gasteiger charge is -2.25. The van der Waals surface area contributed by atoms with Crippen LogP contribution >= 0.6 is 0 Å². The topological polar surface area (TPSA) is 38.7 Å². The zero-order valence-electron chi connectivity index (χ0n) is 8.32. The molecule has 3 heteroatoms. The van der Waals surface area contributed by atoms with Crippen molar-refractivity contribution in [3.8, 4) is 0 Å². The van der Waals surface area contributed by atoms with Crippen LogP contribution in [0.2, 0.25) is 0 Å². The molecule has 1 unspecified atom stereocenters. The number of rotatable bonds is 4. The molecule has 13 heavy (non-hydrogen) atoms. The van der Waals surface area contributed by atoms with Gasteiger partial charge in [0.05, 0.1) is 6.61 Å². The van der Waals surface area contributed by atoms with Gasteiger partial charge < -0.3 is 14.6 Å². The predicted octanol–water partition coefficient (Wildman–Crippen LogP) is 1.46. The van der Waals surface area contributed by atoms with Gasteiger partial charge in [-0.25, -0.2) is 0 Å². The summed E-state index contributed by atoms with van der Waals surface area (Å²) in [4.78, 5) is 0. The van der Waals surface area contributed by atoms with Gasteiger partial charge >= 0.3 is 0 Å². The molecular formula is C10H18O3. The van der Waals surface area contributed by atoms with E-state index in [2.05, 4.69) is 6.58 Å². The smallest absolute Gasteiger partial charge is 0.168 e. The molecule has 0 aromatic rings. The van der Waals surface area contributed by atoms with Crippen LogP contribution in [0.25, 0.3) is 0 Å². The molecule has 1 fully saturated rings. The number of hydrogen-bond donors (Lipinski definition) is 1. The Balaban J connectivity index is 2.56. The van der Waals surface area contributed by atoms with E-state index in [1.54, 1.807) is 0 Å². The average molecular weight is 186 g/mol. The van der Waals surface area contributed by atoms with Gasteiger partial charge in [-0.15, -0.1) is 6.58 Å². The van der Waals surface area contributed by atoms with E-state index in [9.17, 15) is 5.11 Å². The summed E-state index contributed by atoms with van der Waals surface area (Å²) in [5.74, 6) is -0.478.